The molecule has 3 heterocycles. The van der Waals surface area contributed by atoms with Gasteiger partial charge in [-0.25, -0.2) is 0 Å². The summed E-state index contributed by atoms with van der Waals surface area (Å²) in [5, 5.41) is 14.5. The molecule has 0 aromatic heterocycles. The SMILES string of the molecule is CC1CNCCC1(O)C1CCOC2(CCOCC2)C1. The standard InChI is InChI=1S/C15H27NO3/c1-12-11-16-6-3-15(12,17)13-2-7-19-14(10-13)4-8-18-9-5-14/h12-13,16-17H,2-11H2,1H3. The highest BCUT2D eigenvalue weighted by molar-refractivity contribution is 5.00. The van der Waals surface area contributed by atoms with Gasteiger partial charge in [-0.15, -0.1) is 0 Å². The minimum Gasteiger partial charge on any atom is -0.389 e. The Morgan fingerprint density at radius 2 is 1.95 bits per heavy atom. The molecule has 0 aliphatic carbocycles. The number of piperidine rings is 1. The summed E-state index contributed by atoms with van der Waals surface area (Å²) >= 11 is 0. The minimum absolute atomic E-state index is 0.0124. The Labute approximate surface area is 115 Å². The summed E-state index contributed by atoms with van der Waals surface area (Å²) in [4.78, 5) is 0. The summed E-state index contributed by atoms with van der Waals surface area (Å²) in [5.74, 6) is 0.720. The van der Waals surface area contributed by atoms with E-state index in [1.54, 1.807) is 0 Å². The van der Waals surface area contributed by atoms with Gasteiger partial charge in [0, 0.05) is 26.4 Å². The number of hydrogen-bond donors (Lipinski definition) is 2. The second-order valence-corrected chi connectivity index (χ2v) is 6.68. The lowest BCUT2D eigenvalue weighted by molar-refractivity contribution is -0.188. The number of nitrogens with one attached hydrogen (secondary N) is 1. The van der Waals surface area contributed by atoms with E-state index in [9.17, 15) is 5.11 Å². The fourth-order valence-corrected chi connectivity index (χ4v) is 4.18. The van der Waals surface area contributed by atoms with E-state index in [0.29, 0.717) is 11.8 Å². The van der Waals surface area contributed by atoms with Gasteiger partial charge in [0.25, 0.3) is 0 Å². The van der Waals surface area contributed by atoms with Gasteiger partial charge in [-0.05, 0) is 50.5 Å². The van der Waals surface area contributed by atoms with Crippen LogP contribution in [-0.2, 0) is 9.47 Å². The van der Waals surface area contributed by atoms with Gasteiger partial charge in [0.2, 0.25) is 0 Å². The Morgan fingerprint density at radius 1 is 1.16 bits per heavy atom. The molecule has 3 aliphatic rings. The van der Waals surface area contributed by atoms with E-state index in [1.807, 2.05) is 0 Å². The van der Waals surface area contributed by atoms with Crippen LogP contribution in [0.15, 0.2) is 0 Å². The molecule has 3 aliphatic heterocycles. The molecular formula is C15H27NO3. The molecule has 110 valence electrons. The Balaban J connectivity index is 1.73. The zero-order valence-corrected chi connectivity index (χ0v) is 12.0. The lowest BCUT2D eigenvalue weighted by Gasteiger charge is -2.51. The monoisotopic (exact) mass is 269 g/mol. The van der Waals surface area contributed by atoms with Crippen molar-refractivity contribution in [2.75, 3.05) is 32.9 Å². The van der Waals surface area contributed by atoms with Crippen LogP contribution in [0.4, 0.5) is 0 Å². The Hall–Kier alpha value is -0.160. The Kier molecular flexibility index (Phi) is 3.87. The first-order chi connectivity index (χ1) is 9.15. The number of ether oxygens (including phenoxy) is 2. The van der Waals surface area contributed by atoms with Gasteiger partial charge in [-0.1, -0.05) is 6.92 Å². The topological polar surface area (TPSA) is 50.7 Å². The quantitative estimate of drug-likeness (QED) is 0.754. The van der Waals surface area contributed by atoms with Crippen LogP contribution < -0.4 is 5.32 Å². The van der Waals surface area contributed by atoms with E-state index >= 15 is 0 Å². The average Bonchev–Trinajstić information content (AvgIpc) is 2.43. The molecule has 1 spiro atoms. The predicted octanol–water partition coefficient (Wildman–Crippen LogP) is 1.32. The van der Waals surface area contributed by atoms with Gasteiger partial charge >= 0.3 is 0 Å². The highest BCUT2D eigenvalue weighted by Gasteiger charge is 2.49. The van der Waals surface area contributed by atoms with Crippen molar-refractivity contribution < 1.29 is 14.6 Å². The molecule has 3 atom stereocenters. The second-order valence-electron chi connectivity index (χ2n) is 6.68. The van der Waals surface area contributed by atoms with E-state index in [-0.39, 0.29) is 5.60 Å². The molecule has 2 N–H and O–H groups in total. The molecule has 3 fully saturated rings. The maximum absolute atomic E-state index is 11.2. The summed E-state index contributed by atoms with van der Waals surface area (Å²) < 4.78 is 11.6. The summed E-state index contributed by atoms with van der Waals surface area (Å²) in [7, 11) is 0. The molecule has 0 bridgehead atoms. The lowest BCUT2D eigenvalue weighted by atomic mass is 9.66. The van der Waals surface area contributed by atoms with Crippen LogP contribution in [0, 0.1) is 11.8 Å². The molecule has 0 saturated carbocycles. The summed E-state index contributed by atoms with van der Waals surface area (Å²) in [6, 6.07) is 0. The molecule has 4 nitrogen and oxygen atoms in total. The van der Waals surface area contributed by atoms with Gasteiger partial charge in [-0.3, -0.25) is 0 Å². The molecule has 0 aromatic rings. The molecule has 3 unspecified atom stereocenters. The van der Waals surface area contributed by atoms with Gasteiger partial charge in [-0.2, -0.15) is 0 Å². The fraction of sp³-hybridized carbons (Fsp3) is 1.00. The summed E-state index contributed by atoms with van der Waals surface area (Å²) in [6.07, 6.45) is 4.88. The van der Waals surface area contributed by atoms with Gasteiger partial charge in [0.15, 0.2) is 0 Å². The van der Waals surface area contributed by atoms with Gasteiger partial charge in [0.1, 0.15) is 0 Å². The molecular weight excluding hydrogens is 242 g/mol. The predicted molar refractivity (Wildman–Crippen MR) is 73.1 cm³/mol. The normalized spacial score (nSPS) is 43.3. The van der Waals surface area contributed by atoms with Crippen molar-refractivity contribution in [3.8, 4) is 0 Å². The van der Waals surface area contributed by atoms with Crippen LogP contribution in [0.5, 0.6) is 0 Å². The lowest BCUT2D eigenvalue weighted by Crippen LogP contribution is -2.57. The Bertz CT molecular complexity index is 311. The van der Waals surface area contributed by atoms with E-state index in [0.717, 1.165) is 65.0 Å². The maximum atomic E-state index is 11.2. The van der Waals surface area contributed by atoms with Crippen molar-refractivity contribution in [1.82, 2.24) is 5.32 Å². The van der Waals surface area contributed by atoms with Crippen LogP contribution in [0.25, 0.3) is 0 Å². The molecule has 0 radical (unpaired) electrons. The first-order valence-electron chi connectivity index (χ1n) is 7.79. The molecule has 4 heteroatoms. The average molecular weight is 269 g/mol. The third-order valence-corrected chi connectivity index (χ3v) is 5.61. The molecule has 19 heavy (non-hydrogen) atoms. The highest BCUT2D eigenvalue weighted by Crippen LogP contribution is 2.45. The van der Waals surface area contributed by atoms with Crippen molar-refractivity contribution in [3.05, 3.63) is 0 Å². The zero-order valence-electron chi connectivity index (χ0n) is 12.0. The number of hydrogen-bond acceptors (Lipinski definition) is 4. The van der Waals surface area contributed by atoms with Crippen molar-refractivity contribution >= 4 is 0 Å². The first-order valence-corrected chi connectivity index (χ1v) is 7.79. The third-order valence-electron chi connectivity index (χ3n) is 5.61. The van der Waals surface area contributed by atoms with E-state index in [1.165, 1.54) is 0 Å². The molecule has 0 amide bonds. The maximum Gasteiger partial charge on any atom is 0.0730 e. The zero-order chi connectivity index (χ0) is 13.3. The molecule has 3 saturated heterocycles. The number of aliphatic hydroxyl groups is 1. The van der Waals surface area contributed by atoms with Crippen LogP contribution in [0.1, 0.15) is 39.0 Å². The Morgan fingerprint density at radius 3 is 2.68 bits per heavy atom. The van der Waals surface area contributed by atoms with Crippen LogP contribution in [0.3, 0.4) is 0 Å². The minimum atomic E-state index is -0.500. The number of rotatable bonds is 1. The second kappa shape index (κ2) is 5.32. The third kappa shape index (κ3) is 2.56. The molecule has 0 aromatic carbocycles. The van der Waals surface area contributed by atoms with Crippen LogP contribution in [-0.4, -0.2) is 49.2 Å². The van der Waals surface area contributed by atoms with Crippen molar-refractivity contribution in [2.45, 2.75) is 50.2 Å². The van der Waals surface area contributed by atoms with Gasteiger partial charge < -0.3 is 19.9 Å². The van der Waals surface area contributed by atoms with E-state index in [4.69, 9.17) is 9.47 Å². The van der Waals surface area contributed by atoms with Crippen LogP contribution >= 0.6 is 0 Å². The van der Waals surface area contributed by atoms with Crippen LogP contribution in [0.2, 0.25) is 0 Å². The van der Waals surface area contributed by atoms with Crippen molar-refractivity contribution in [1.29, 1.82) is 0 Å². The van der Waals surface area contributed by atoms with Gasteiger partial charge in [0.05, 0.1) is 11.2 Å². The first kappa shape index (κ1) is 13.8. The van der Waals surface area contributed by atoms with Crippen molar-refractivity contribution in [3.63, 3.8) is 0 Å². The fourth-order valence-electron chi connectivity index (χ4n) is 4.18. The summed E-state index contributed by atoms with van der Waals surface area (Å²) in [5.41, 5.74) is -0.512. The van der Waals surface area contributed by atoms with Crippen molar-refractivity contribution in [2.24, 2.45) is 11.8 Å². The summed E-state index contributed by atoms with van der Waals surface area (Å²) in [6.45, 7) is 6.47. The van der Waals surface area contributed by atoms with E-state index in [2.05, 4.69) is 12.2 Å². The largest absolute Gasteiger partial charge is 0.389 e. The molecule has 3 rings (SSSR count). The smallest absolute Gasteiger partial charge is 0.0730 e. The highest BCUT2D eigenvalue weighted by atomic mass is 16.5. The van der Waals surface area contributed by atoms with E-state index < -0.39 is 5.60 Å².